The number of hydrogen-bond acceptors (Lipinski definition) is 3. The molecule has 0 amide bonds. The van der Waals surface area contributed by atoms with E-state index < -0.39 is 17.7 Å². The van der Waals surface area contributed by atoms with Crippen molar-refractivity contribution in [2.45, 2.75) is 6.10 Å². The highest BCUT2D eigenvalue weighted by Crippen LogP contribution is 2.30. The van der Waals surface area contributed by atoms with Crippen LogP contribution in [0.4, 0.5) is 4.39 Å². The summed E-state index contributed by atoms with van der Waals surface area (Å²) >= 11 is 2.95. The zero-order chi connectivity index (χ0) is 10.0. The fourth-order valence-corrected chi connectivity index (χ4v) is 1.37. The molecule has 13 heavy (non-hydrogen) atoms. The van der Waals surface area contributed by atoms with Crippen LogP contribution < -0.4 is 5.73 Å². The third-order valence-corrected chi connectivity index (χ3v) is 2.25. The second kappa shape index (κ2) is 4.04. The fourth-order valence-electron chi connectivity index (χ4n) is 0.914. The number of aliphatic hydroxyl groups excluding tert-OH is 1. The molecule has 0 saturated heterocycles. The van der Waals surface area contributed by atoms with Gasteiger partial charge in [-0.15, -0.1) is 0 Å². The van der Waals surface area contributed by atoms with Crippen LogP contribution >= 0.6 is 15.9 Å². The molecule has 1 unspecified atom stereocenters. The van der Waals surface area contributed by atoms with Crippen molar-refractivity contribution in [2.75, 3.05) is 6.54 Å². The lowest BCUT2D eigenvalue weighted by molar-refractivity contribution is 0.186. The number of benzene rings is 1. The first-order valence-electron chi connectivity index (χ1n) is 3.62. The summed E-state index contributed by atoms with van der Waals surface area (Å²) in [6.07, 6.45) is -0.911. The molecular formula is C8H9BrFNO2. The molecule has 1 atom stereocenters. The van der Waals surface area contributed by atoms with Gasteiger partial charge in [-0.2, -0.15) is 0 Å². The minimum Gasteiger partial charge on any atom is -0.504 e. The van der Waals surface area contributed by atoms with Gasteiger partial charge in [0.1, 0.15) is 0 Å². The molecule has 0 aromatic heterocycles. The van der Waals surface area contributed by atoms with E-state index in [1.54, 1.807) is 0 Å². The van der Waals surface area contributed by atoms with E-state index in [2.05, 4.69) is 15.9 Å². The number of aromatic hydroxyl groups is 1. The Kier molecular flexibility index (Phi) is 3.24. The average Bonchev–Trinajstić information content (AvgIpc) is 2.12. The molecule has 4 N–H and O–H groups in total. The Balaban J connectivity index is 3.13. The Labute approximate surface area is 83.1 Å². The van der Waals surface area contributed by atoms with Crippen LogP contribution in [0.5, 0.6) is 5.75 Å². The maximum Gasteiger partial charge on any atom is 0.166 e. The van der Waals surface area contributed by atoms with Crippen molar-refractivity contribution in [3.8, 4) is 5.75 Å². The number of nitrogens with two attached hydrogens (primary N) is 1. The maximum absolute atomic E-state index is 12.9. The van der Waals surface area contributed by atoms with Gasteiger partial charge in [0.15, 0.2) is 11.6 Å². The molecule has 0 radical (unpaired) electrons. The van der Waals surface area contributed by atoms with Crippen molar-refractivity contribution in [3.05, 3.63) is 28.0 Å². The highest BCUT2D eigenvalue weighted by molar-refractivity contribution is 9.10. The zero-order valence-corrected chi connectivity index (χ0v) is 8.25. The summed E-state index contributed by atoms with van der Waals surface area (Å²) in [5.41, 5.74) is 5.53. The number of phenolic OH excluding ortho intramolecular Hbond substituents is 1. The van der Waals surface area contributed by atoms with Gasteiger partial charge in [-0.05, 0) is 33.6 Å². The first-order chi connectivity index (χ1) is 6.06. The summed E-state index contributed by atoms with van der Waals surface area (Å²) in [7, 11) is 0. The third-order valence-electron chi connectivity index (χ3n) is 1.65. The van der Waals surface area contributed by atoms with Crippen molar-refractivity contribution in [2.24, 2.45) is 5.73 Å². The second-order valence-corrected chi connectivity index (χ2v) is 3.44. The normalized spacial score (nSPS) is 12.9. The number of hydrogen-bond donors (Lipinski definition) is 3. The number of halogens is 2. The fraction of sp³-hybridized carbons (Fsp3) is 0.250. The highest BCUT2D eigenvalue weighted by Gasteiger charge is 2.12. The van der Waals surface area contributed by atoms with Gasteiger partial charge in [0.05, 0.1) is 10.6 Å². The Hall–Kier alpha value is -0.650. The lowest BCUT2D eigenvalue weighted by Gasteiger charge is -2.09. The van der Waals surface area contributed by atoms with E-state index in [0.717, 1.165) is 6.07 Å². The molecule has 1 rings (SSSR count). The Morgan fingerprint density at radius 1 is 1.54 bits per heavy atom. The van der Waals surface area contributed by atoms with E-state index >= 15 is 0 Å². The molecule has 0 saturated carbocycles. The minimum absolute atomic E-state index is 0.0106. The molecule has 0 heterocycles. The summed E-state index contributed by atoms with van der Waals surface area (Å²) in [5, 5.41) is 18.3. The lowest BCUT2D eigenvalue weighted by atomic mass is 10.1. The van der Waals surface area contributed by atoms with E-state index in [1.807, 2.05) is 0 Å². The number of phenols is 1. The Morgan fingerprint density at radius 3 is 2.62 bits per heavy atom. The largest absolute Gasteiger partial charge is 0.504 e. The van der Waals surface area contributed by atoms with Crippen LogP contribution in [-0.4, -0.2) is 16.8 Å². The van der Waals surface area contributed by atoms with Crippen LogP contribution in [0.3, 0.4) is 0 Å². The molecule has 0 aliphatic heterocycles. The van der Waals surface area contributed by atoms with Crippen LogP contribution in [0.15, 0.2) is 16.6 Å². The van der Waals surface area contributed by atoms with Gasteiger partial charge in [0.2, 0.25) is 0 Å². The smallest absolute Gasteiger partial charge is 0.166 e. The van der Waals surface area contributed by atoms with Crippen molar-refractivity contribution in [1.82, 2.24) is 0 Å². The Morgan fingerprint density at radius 2 is 2.15 bits per heavy atom. The van der Waals surface area contributed by atoms with Crippen molar-refractivity contribution in [1.29, 1.82) is 0 Å². The molecule has 0 aliphatic carbocycles. The topological polar surface area (TPSA) is 66.5 Å². The van der Waals surface area contributed by atoms with Crippen LogP contribution in [0, 0.1) is 5.82 Å². The molecular weight excluding hydrogens is 241 g/mol. The van der Waals surface area contributed by atoms with Gasteiger partial charge in [-0.25, -0.2) is 4.39 Å². The number of aliphatic hydroxyl groups is 1. The van der Waals surface area contributed by atoms with E-state index in [4.69, 9.17) is 10.8 Å². The summed E-state index contributed by atoms with van der Waals surface area (Å²) < 4.78 is 13.1. The van der Waals surface area contributed by atoms with Crippen LogP contribution in [0.1, 0.15) is 11.7 Å². The van der Waals surface area contributed by atoms with Gasteiger partial charge >= 0.3 is 0 Å². The van der Waals surface area contributed by atoms with E-state index in [-0.39, 0.29) is 11.0 Å². The van der Waals surface area contributed by atoms with E-state index in [9.17, 15) is 9.50 Å². The molecule has 5 heteroatoms. The first kappa shape index (κ1) is 10.4. The predicted molar refractivity (Wildman–Crippen MR) is 49.8 cm³/mol. The zero-order valence-electron chi connectivity index (χ0n) is 6.67. The molecule has 0 spiro atoms. The van der Waals surface area contributed by atoms with Crippen molar-refractivity contribution in [3.63, 3.8) is 0 Å². The summed E-state index contributed by atoms with van der Waals surface area (Å²) in [6, 6.07) is 2.48. The maximum atomic E-state index is 12.9. The van der Waals surface area contributed by atoms with Crippen molar-refractivity contribution < 1.29 is 14.6 Å². The van der Waals surface area contributed by atoms with E-state index in [1.165, 1.54) is 6.07 Å². The van der Waals surface area contributed by atoms with Crippen LogP contribution in [0.25, 0.3) is 0 Å². The standard InChI is InChI=1S/C8H9BrFNO2/c9-5-1-4(7(12)3-11)2-6(10)8(5)13/h1-2,7,12-13H,3,11H2. The predicted octanol–water partition coefficient (Wildman–Crippen LogP) is 1.29. The van der Waals surface area contributed by atoms with Gasteiger partial charge < -0.3 is 15.9 Å². The third kappa shape index (κ3) is 2.18. The monoisotopic (exact) mass is 249 g/mol. The number of rotatable bonds is 2. The lowest BCUT2D eigenvalue weighted by Crippen LogP contribution is -2.11. The summed E-state index contributed by atoms with van der Waals surface area (Å²) in [5.74, 6) is -1.25. The molecule has 0 bridgehead atoms. The van der Waals surface area contributed by atoms with Crippen LogP contribution in [0.2, 0.25) is 0 Å². The molecule has 72 valence electrons. The molecule has 0 aliphatic rings. The molecule has 1 aromatic carbocycles. The summed E-state index contributed by atoms with van der Waals surface area (Å²) in [4.78, 5) is 0. The first-order valence-corrected chi connectivity index (χ1v) is 4.41. The highest BCUT2D eigenvalue weighted by atomic mass is 79.9. The van der Waals surface area contributed by atoms with Crippen molar-refractivity contribution >= 4 is 15.9 Å². The minimum atomic E-state index is -0.911. The Bertz CT molecular complexity index is 296. The molecule has 3 nitrogen and oxygen atoms in total. The van der Waals surface area contributed by atoms with E-state index in [0.29, 0.717) is 5.56 Å². The van der Waals surface area contributed by atoms with Crippen LogP contribution in [-0.2, 0) is 0 Å². The SMILES string of the molecule is NCC(O)c1cc(F)c(O)c(Br)c1. The van der Waals surface area contributed by atoms with Gasteiger partial charge in [-0.3, -0.25) is 0 Å². The molecule has 1 aromatic rings. The second-order valence-electron chi connectivity index (χ2n) is 2.58. The van der Waals surface area contributed by atoms with Gasteiger partial charge in [0.25, 0.3) is 0 Å². The quantitative estimate of drug-likeness (QED) is 0.740. The van der Waals surface area contributed by atoms with Gasteiger partial charge in [0, 0.05) is 6.54 Å². The van der Waals surface area contributed by atoms with Gasteiger partial charge in [-0.1, -0.05) is 0 Å². The molecule has 0 fully saturated rings. The average molecular weight is 250 g/mol. The summed E-state index contributed by atoms with van der Waals surface area (Å²) in [6.45, 7) is 0.0106.